The predicted octanol–water partition coefficient (Wildman–Crippen LogP) is 10.7. The van der Waals surface area contributed by atoms with Gasteiger partial charge < -0.3 is 11.5 Å². The van der Waals surface area contributed by atoms with Crippen LogP contribution in [0, 0.1) is 0 Å². The van der Waals surface area contributed by atoms with E-state index in [1.165, 1.54) is 44.2 Å². The number of nitrogens with one attached hydrogen (secondary N) is 1. The molecule has 49 heavy (non-hydrogen) atoms. The first-order valence-corrected chi connectivity index (χ1v) is 17.1. The second-order valence-corrected chi connectivity index (χ2v) is 13.3. The molecule has 6 aromatic rings. The van der Waals surface area contributed by atoms with Crippen LogP contribution >= 0.6 is 0 Å². The van der Waals surface area contributed by atoms with Gasteiger partial charge in [0.1, 0.15) is 0 Å². The van der Waals surface area contributed by atoms with E-state index >= 15 is 0 Å². The summed E-state index contributed by atoms with van der Waals surface area (Å²) >= 11 is 0. The second-order valence-electron chi connectivity index (χ2n) is 13.3. The molecule has 0 bridgehead atoms. The Bertz CT molecular complexity index is 2200. The fourth-order valence-electron chi connectivity index (χ4n) is 7.37. The number of hydrogen-bond donors (Lipinski definition) is 3. The molecule has 0 radical (unpaired) electrons. The maximum absolute atomic E-state index is 6.74. The Morgan fingerprint density at radius 1 is 0.714 bits per heavy atom. The first kappa shape index (κ1) is 32.1. The highest BCUT2D eigenvalue weighted by Gasteiger charge is 2.37. The fraction of sp³-hybridized carbons (Fsp3) is 0.130. The summed E-state index contributed by atoms with van der Waals surface area (Å²) < 4.78 is 0. The van der Waals surface area contributed by atoms with Gasteiger partial charge in [0.15, 0.2) is 0 Å². The molecule has 242 valence electrons. The third-order valence-corrected chi connectivity index (χ3v) is 9.98. The Morgan fingerprint density at radius 2 is 1.41 bits per heavy atom. The molecule has 0 aromatic heterocycles. The van der Waals surface area contributed by atoms with Crippen molar-refractivity contribution < 1.29 is 0 Å². The predicted molar refractivity (Wildman–Crippen MR) is 209 cm³/mol. The van der Waals surface area contributed by atoms with Gasteiger partial charge in [-0.25, -0.2) is 0 Å². The van der Waals surface area contributed by atoms with Gasteiger partial charge in [-0.1, -0.05) is 153 Å². The molecule has 6 aromatic carbocycles. The lowest BCUT2D eigenvalue weighted by atomic mass is 9.81. The van der Waals surface area contributed by atoms with Crippen LogP contribution in [0.15, 0.2) is 158 Å². The van der Waals surface area contributed by atoms with E-state index in [1.54, 1.807) is 6.20 Å². The van der Waals surface area contributed by atoms with Crippen molar-refractivity contribution in [3.8, 4) is 22.3 Å². The molecule has 0 spiro atoms. The van der Waals surface area contributed by atoms with Crippen LogP contribution in [-0.4, -0.2) is 0 Å². The summed E-state index contributed by atoms with van der Waals surface area (Å²) in [4.78, 5) is 0. The molecule has 1 aliphatic rings. The summed E-state index contributed by atoms with van der Waals surface area (Å²) in [6.45, 7) is 6.73. The van der Waals surface area contributed by atoms with Crippen molar-refractivity contribution in [2.45, 2.75) is 38.4 Å². The second kappa shape index (κ2) is 13.6. The Kier molecular flexibility index (Phi) is 8.88. The minimum Gasteiger partial charge on any atom is -0.405 e. The van der Waals surface area contributed by atoms with Gasteiger partial charge in [-0.3, -0.25) is 5.32 Å². The average Bonchev–Trinajstić information content (AvgIpc) is 3.37. The minimum atomic E-state index is -0.352. The molecule has 0 aliphatic heterocycles. The highest BCUT2D eigenvalue weighted by molar-refractivity contribution is 5.98. The summed E-state index contributed by atoms with van der Waals surface area (Å²) in [6.07, 6.45) is 9.66. The lowest BCUT2D eigenvalue weighted by Crippen LogP contribution is -2.32. The Morgan fingerprint density at radius 3 is 2.14 bits per heavy atom. The van der Waals surface area contributed by atoms with Gasteiger partial charge in [0.05, 0.1) is 12.2 Å². The summed E-state index contributed by atoms with van der Waals surface area (Å²) in [7, 11) is 0. The van der Waals surface area contributed by atoms with Crippen LogP contribution in [0.2, 0.25) is 0 Å². The minimum absolute atomic E-state index is 0.0704. The lowest BCUT2D eigenvalue weighted by molar-refractivity contribution is 0.508. The fourth-order valence-corrected chi connectivity index (χ4v) is 7.37. The molecule has 0 saturated carbocycles. The normalized spacial score (nSPS) is 15.1. The lowest BCUT2D eigenvalue weighted by Gasteiger charge is -2.24. The molecular weight excluding hydrogens is 595 g/mol. The van der Waals surface area contributed by atoms with Crippen molar-refractivity contribution in [3.05, 3.63) is 191 Å². The van der Waals surface area contributed by atoms with Gasteiger partial charge >= 0.3 is 0 Å². The van der Waals surface area contributed by atoms with Gasteiger partial charge in [0.2, 0.25) is 0 Å². The van der Waals surface area contributed by atoms with E-state index < -0.39 is 0 Å². The van der Waals surface area contributed by atoms with Crippen molar-refractivity contribution in [3.63, 3.8) is 0 Å². The van der Waals surface area contributed by atoms with Gasteiger partial charge in [-0.15, -0.1) is 0 Å². The molecule has 3 nitrogen and oxygen atoms in total. The molecule has 3 heteroatoms. The molecule has 2 unspecified atom stereocenters. The van der Waals surface area contributed by atoms with Gasteiger partial charge in [-0.05, 0) is 103 Å². The first-order chi connectivity index (χ1) is 23.9. The van der Waals surface area contributed by atoms with Crippen molar-refractivity contribution in [1.29, 1.82) is 0 Å². The Balaban J connectivity index is 1.24. The molecule has 0 fully saturated rings. The summed E-state index contributed by atoms with van der Waals surface area (Å²) in [5, 5.41) is 6.25. The van der Waals surface area contributed by atoms with E-state index in [2.05, 4.69) is 153 Å². The topological polar surface area (TPSA) is 64.1 Å². The van der Waals surface area contributed by atoms with Crippen LogP contribution < -0.4 is 16.8 Å². The van der Waals surface area contributed by atoms with Gasteiger partial charge in [-0.2, -0.15) is 0 Å². The highest BCUT2D eigenvalue weighted by atomic mass is 15.0. The average molecular weight is 638 g/mol. The Labute approximate surface area is 290 Å². The van der Waals surface area contributed by atoms with Crippen LogP contribution in [0.1, 0.15) is 66.4 Å². The van der Waals surface area contributed by atoms with Crippen molar-refractivity contribution in [1.82, 2.24) is 5.32 Å². The molecule has 0 amide bonds. The third-order valence-electron chi connectivity index (χ3n) is 9.98. The standard InChI is InChI=1S/C46H43N3/c1-4-32(27-28-47)37-17-10-11-18-39(37)43(49-45(48)34-13-6-5-7-14-34)26-23-31-21-24-33(25-22-31)38-19-12-20-41-44(38)40-29-35-15-8-9-16-36(35)30-42(40)46(41,2)3/h4-30,43,45,49H,47-48H2,1-3H3/b26-23+,28-27-,32-4+. The smallest absolute Gasteiger partial charge is 0.0817 e. The molecular formula is C46H43N3. The zero-order chi connectivity index (χ0) is 34.0. The van der Waals surface area contributed by atoms with E-state index in [1.807, 2.05) is 31.2 Å². The first-order valence-electron chi connectivity index (χ1n) is 17.1. The van der Waals surface area contributed by atoms with Crippen LogP contribution in [0.3, 0.4) is 0 Å². The molecule has 7 rings (SSSR count). The maximum atomic E-state index is 6.74. The maximum Gasteiger partial charge on any atom is 0.0817 e. The number of nitrogens with two attached hydrogens (primary N) is 2. The van der Waals surface area contributed by atoms with E-state index in [0.717, 1.165) is 27.8 Å². The van der Waals surface area contributed by atoms with Crippen molar-refractivity contribution >= 4 is 22.4 Å². The number of allylic oxidation sites excluding steroid dienone is 3. The zero-order valence-electron chi connectivity index (χ0n) is 28.4. The van der Waals surface area contributed by atoms with Crippen molar-refractivity contribution in [2.24, 2.45) is 11.5 Å². The molecule has 2 atom stereocenters. The van der Waals surface area contributed by atoms with Gasteiger partial charge in [0, 0.05) is 5.41 Å². The SMILES string of the molecule is C/C=C(\C=C/N)c1ccccc1C(/C=C/c1ccc(-c2cccc3c2-c2cc4ccccc4cc2C3(C)C)cc1)NC(N)c1ccccc1. The summed E-state index contributed by atoms with van der Waals surface area (Å²) in [5.41, 5.74) is 25.9. The molecule has 5 N–H and O–H groups in total. The van der Waals surface area contributed by atoms with Crippen LogP contribution in [0.5, 0.6) is 0 Å². The quantitative estimate of drug-likeness (QED) is 0.109. The van der Waals surface area contributed by atoms with Crippen LogP contribution in [-0.2, 0) is 5.41 Å². The number of benzene rings is 6. The number of hydrogen-bond acceptors (Lipinski definition) is 3. The van der Waals surface area contributed by atoms with Gasteiger partial charge in [0.25, 0.3) is 0 Å². The van der Waals surface area contributed by atoms with E-state index in [-0.39, 0.29) is 17.6 Å². The molecule has 1 aliphatic carbocycles. The Hall–Kier alpha value is -5.48. The number of rotatable bonds is 9. The van der Waals surface area contributed by atoms with Crippen molar-refractivity contribution in [2.75, 3.05) is 0 Å². The molecule has 0 heterocycles. The van der Waals surface area contributed by atoms with E-state index in [0.29, 0.717) is 0 Å². The largest absolute Gasteiger partial charge is 0.405 e. The summed E-state index contributed by atoms with van der Waals surface area (Å²) in [5.74, 6) is 0. The van der Waals surface area contributed by atoms with Crippen LogP contribution in [0.25, 0.3) is 44.7 Å². The monoisotopic (exact) mass is 637 g/mol. The van der Waals surface area contributed by atoms with E-state index in [4.69, 9.17) is 11.5 Å². The summed E-state index contributed by atoms with van der Waals surface area (Å²) in [6, 6.07) is 47.6. The van der Waals surface area contributed by atoms with E-state index in [9.17, 15) is 0 Å². The third kappa shape index (κ3) is 6.15. The highest BCUT2D eigenvalue weighted by Crippen LogP contribution is 2.53. The molecule has 0 saturated heterocycles. The zero-order valence-corrected chi connectivity index (χ0v) is 28.4. The van der Waals surface area contributed by atoms with Crippen LogP contribution in [0.4, 0.5) is 0 Å². The number of fused-ring (bicyclic) bond motifs is 4.